The van der Waals surface area contributed by atoms with Crippen molar-refractivity contribution in [2.75, 3.05) is 12.3 Å². The number of ether oxygens (including phenoxy) is 1. The first-order chi connectivity index (χ1) is 15.0. The van der Waals surface area contributed by atoms with Gasteiger partial charge in [-0.1, -0.05) is 0 Å². The normalized spacial score (nSPS) is 24.5. The van der Waals surface area contributed by atoms with Gasteiger partial charge in [-0.05, 0) is 6.42 Å². The van der Waals surface area contributed by atoms with Gasteiger partial charge in [0.05, 0.1) is 19.0 Å². The van der Waals surface area contributed by atoms with Crippen molar-refractivity contribution in [2.45, 2.75) is 43.4 Å². The number of amides is 2. The van der Waals surface area contributed by atoms with E-state index in [-0.39, 0.29) is 29.8 Å². The predicted molar refractivity (Wildman–Crippen MR) is 105 cm³/mol. The van der Waals surface area contributed by atoms with Crippen molar-refractivity contribution in [2.24, 2.45) is 11.5 Å². The molecule has 2 unspecified atom stereocenters. The molecule has 3 heterocycles. The van der Waals surface area contributed by atoms with Crippen LogP contribution in [0.3, 0.4) is 0 Å². The number of hydrogen-bond donors (Lipinski definition) is 6. The zero-order valence-electron chi connectivity index (χ0n) is 16.4. The molecule has 2 aromatic heterocycles. The van der Waals surface area contributed by atoms with E-state index in [1.807, 2.05) is 0 Å². The average molecular weight is 474 g/mol. The molecule has 176 valence electrons. The van der Waals surface area contributed by atoms with Crippen molar-refractivity contribution >= 4 is 39.1 Å². The maximum Gasteiger partial charge on any atom is 0.362 e. The van der Waals surface area contributed by atoms with Crippen molar-refractivity contribution in [3.63, 3.8) is 0 Å². The summed E-state index contributed by atoms with van der Waals surface area (Å²) >= 11 is 0. The second-order valence-corrected chi connectivity index (χ2v) is 8.29. The maximum atomic E-state index is 12.0. The number of aromatic nitrogens is 4. The number of nitrogen functional groups attached to an aromatic ring is 1. The molecule has 2 amide bonds. The van der Waals surface area contributed by atoms with E-state index < -0.39 is 59.3 Å². The Labute approximate surface area is 181 Å². The molecule has 9 N–H and O–H groups in total. The minimum absolute atomic E-state index is 0.0949. The van der Waals surface area contributed by atoms with Gasteiger partial charge in [0.25, 0.3) is 5.91 Å². The van der Waals surface area contributed by atoms with Crippen LogP contribution in [0.5, 0.6) is 0 Å². The molecular formula is C15H22N8O8S. The zero-order valence-corrected chi connectivity index (χ0v) is 17.3. The number of hydrogen-bond acceptors (Lipinski definition) is 13. The molecule has 3 rings (SSSR count). The Balaban J connectivity index is 1.62. The number of nitrogens with zero attached hydrogens (tertiary/aromatic N) is 4. The van der Waals surface area contributed by atoms with Crippen molar-refractivity contribution in [1.29, 1.82) is 0 Å². The van der Waals surface area contributed by atoms with Crippen LogP contribution in [0.1, 0.15) is 19.1 Å². The summed E-state index contributed by atoms with van der Waals surface area (Å²) in [4.78, 5) is 34.4. The zero-order chi connectivity index (χ0) is 23.6. The van der Waals surface area contributed by atoms with Gasteiger partial charge in [-0.3, -0.25) is 18.3 Å². The van der Waals surface area contributed by atoms with Crippen LogP contribution in [0.25, 0.3) is 11.2 Å². The minimum atomic E-state index is -4.63. The first-order valence-electron chi connectivity index (χ1n) is 9.19. The Morgan fingerprint density at radius 3 is 2.69 bits per heavy atom. The highest BCUT2D eigenvalue weighted by atomic mass is 32.2. The number of anilines is 1. The molecule has 0 aliphatic carbocycles. The summed E-state index contributed by atoms with van der Waals surface area (Å²) in [6.07, 6.45) is -3.43. The highest BCUT2D eigenvalue weighted by Gasteiger charge is 2.45. The molecule has 1 aliphatic heterocycles. The second kappa shape index (κ2) is 9.27. The molecule has 16 nitrogen and oxygen atoms in total. The predicted octanol–water partition coefficient (Wildman–Crippen LogP) is -4.00. The third-order valence-corrected chi connectivity index (χ3v) is 5.55. The molecule has 2 aromatic rings. The standard InChI is InChI=1S/C15H22N8O8S/c16-6(1-2-8(17)24)14(27)22-32(28,29)30-3-7-10(25)11(26)15(31-7)23-5-21-9-12(18)19-4-20-13(9)23/h4-7,10-11,15,25-26H,1-3,16H2,(H2,17,24)(H,22,27)(H2,18,19,20)/t6-,7+,10?,11?,15+/m0/s1. The lowest BCUT2D eigenvalue weighted by molar-refractivity contribution is -0.121. The highest BCUT2D eigenvalue weighted by Crippen LogP contribution is 2.32. The van der Waals surface area contributed by atoms with Gasteiger partial charge in [-0.25, -0.2) is 19.7 Å². The molecule has 0 bridgehead atoms. The fraction of sp³-hybridized carbons (Fsp3) is 0.533. The summed E-state index contributed by atoms with van der Waals surface area (Å²) in [5.74, 6) is -1.72. The lowest BCUT2D eigenvalue weighted by atomic mass is 10.1. The van der Waals surface area contributed by atoms with Gasteiger partial charge in [0.1, 0.15) is 30.2 Å². The summed E-state index contributed by atoms with van der Waals surface area (Å²) in [6.45, 7) is -0.738. The lowest BCUT2D eigenvalue weighted by Gasteiger charge is -2.16. The number of nitrogens with two attached hydrogens (primary N) is 3. The molecule has 5 atom stereocenters. The number of imidazole rings is 1. The smallest absolute Gasteiger partial charge is 0.362 e. The van der Waals surface area contributed by atoms with Crippen LogP contribution < -0.4 is 21.9 Å². The van der Waals surface area contributed by atoms with Crippen molar-refractivity contribution < 1.29 is 37.1 Å². The van der Waals surface area contributed by atoms with E-state index in [1.54, 1.807) is 4.72 Å². The Morgan fingerprint density at radius 1 is 1.28 bits per heavy atom. The van der Waals surface area contributed by atoms with E-state index in [9.17, 15) is 28.2 Å². The van der Waals surface area contributed by atoms with Gasteiger partial charge in [0, 0.05) is 6.42 Å². The van der Waals surface area contributed by atoms with Gasteiger partial charge < -0.3 is 32.2 Å². The van der Waals surface area contributed by atoms with E-state index in [0.29, 0.717) is 0 Å². The van der Waals surface area contributed by atoms with Crippen LogP contribution in [-0.4, -0.2) is 80.9 Å². The van der Waals surface area contributed by atoms with Gasteiger partial charge in [0.2, 0.25) is 5.91 Å². The third-order valence-electron chi connectivity index (χ3n) is 4.65. The SMILES string of the molecule is NC(=O)CC[C@H](N)C(=O)NS(=O)(=O)OC[C@H]1O[C@@H](n2cnc3c(N)ncnc32)C(O)C1O. The second-order valence-electron chi connectivity index (χ2n) is 6.95. The summed E-state index contributed by atoms with van der Waals surface area (Å²) < 4.78 is 37.1. The molecule has 0 aromatic carbocycles. The topological polar surface area (TPSA) is 261 Å². The molecule has 17 heteroatoms. The first-order valence-corrected chi connectivity index (χ1v) is 10.6. The lowest BCUT2D eigenvalue weighted by Crippen LogP contribution is -2.45. The third kappa shape index (κ3) is 5.09. The van der Waals surface area contributed by atoms with Gasteiger partial charge in [-0.15, -0.1) is 0 Å². The molecular weight excluding hydrogens is 452 g/mol. The number of nitrogens with one attached hydrogen (secondary N) is 1. The van der Waals surface area contributed by atoms with E-state index in [4.69, 9.17) is 21.9 Å². The van der Waals surface area contributed by atoms with E-state index >= 15 is 0 Å². The Morgan fingerprint density at radius 2 is 2.00 bits per heavy atom. The largest absolute Gasteiger partial charge is 0.387 e. The maximum absolute atomic E-state index is 12.0. The molecule has 0 saturated carbocycles. The Hall–Kier alpha value is -2.96. The molecule has 1 fully saturated rings. The van der Waals surface area contributed by atoms with E-state index in [2.05, 4.69) is 19.1 Å². The van der Waals surface area contributed by atoms with E-state index in [0.717, 1.165) is 0 Å². The highest BCUT2D eigenvalue weighted by molar-refractivity contribution is 7.85. The number of aliphatic hydroxyl groups is 2. The van der Waals surface area contributed by atoms with Gasteiger partial charge in [0.15, 0.2) is 17.7 Å². The Kier molecular flexibility index (Phi) is 6.86. The van der Waals surface area contributed by atoms with Crippen LogP contribution in [0.2, 0.25) is 0 Å². The molecule has 1 aliphatic rings. The fourth-order valence-electron chi connectivity index (χ4n) is 2.97. The van der Waals surface area contributed by atoms with Crippen LogP contribution in [-0.2, 0) is 28.8 Å². The van der Waals surface area contributed by atoms with Crippen molar-refractivity contribution in [1.82, 2.24) is 24.2 Å². The Bertz CT molecular complexity index is 1110. The van der Waals surface area contributed by atoms with Gasteiger partial charge >= 0.3 is 10.3 Å². The number of primary amides is 1. The van der Waals surface area contributed by atoms with Crippen LogP contribution in [0.15, 0.2) is 12.7 Å². The minimum Gasteiger partial charge on any atom is -0.387 e. The van der Waals surface area contributed by atoms with Gasteiger partial charge in [-0.2, -0.15) is 8.42 Å². The first kappa shape index (κ1) is 23.7. The summed E-state index contributed by atoms with van der Waals surface area (Å²) in [7, 11) is -4.63. The molecule has 32 heavy (non-hydrogen) atoms. The number of aliphatic hydroxyl groups excluding tert-OH is 2. The van der Waals surface area contributed by atoms with Crippen LogP contribution in [0, 0.1) is 0 Å². The van der Waals surface area contributed by atoms with Crippen LogP contribution in [0.4, 0.5) is 5.82 Å². The van der Waals surface area contributed by atoms with E-state index in [1.165, 1.54) is 17.2 Å². The number of carbonyl (C=O) groups excluding carboxylic acids is 2. The van der Waals surface area contributed by atoms with Crippen molar-refractivity contribution in [3.05, 3.63) is 12.7 Å². The molecule has 0 spiro atoms. The number of rotatable bonds is 9. The quantitative estimate of drug-likeness (QED) is 0.203. The molecule has 0 radical (unpaired) electrons. The monoisotopic (exact) mass is 474 g/mol. The average Bonchev–Trinajstić information content (AvgIpc) is 3.27. The summed E-state index contributed by atoms with van der Waals surface area (Å²) in [5, 5.41) is 20.6. The summed E-state index contributed by atoms with van der Waals surface area (Å²) in [5.41, 5.74) is 16.6. The van der Waals surface area contributed by atoms with Crippen LogP contribution >= 0.6 is 0 Å². The fourth-order valence-corrected chi connectivity index (χ4v) is 3.74. The number of carbonyl (C=O) groups is 2. The van der Waals surface area contributed by atoms with Crippen molar-refractivity contribution in [3.8, 4) is 0 Å². The summed E-state index contributed by atoms with van der Waals surface area (Å²) in [6, 6.07) is -1.32. The molecule has 1 saturated heterocycles. The number of fused-ring (bicyclic) bond motifs is 1.